The third-order valence-corrected chi connectivity index (χ3v) is 7.49. The Balaban J connectivity index is 1.61. The Bertz CT molecular complexity index is 1320. The van der Waals surface area contributed by atoms with Crippen molar-refractivity contribution in [3.8, 4) is 0 Å². The Morgan fingerprint density at radius 3 is 2.42 bits per heavy atom. The van der Waals surface area contributed by atoms with Gasteiger partial charge in [0.15, 0.2) is 9.84 Å². The van der Waals surface area contributed by atoms with E-state index in [0.29, 0.717) is 24.2 Å². The third kappa shape index (κ3) is 6.44. The molecular formula is C26H25F3N2O4S. The van der Waals surface area contributed by atoms with Gasteiger partial charge in [-0.3, -0.25) is 0 Å². The van der Waals surface area contributed by atoms with Crippen LogP contribution in [0.4, 0.5) is 29.3 Å². The van der Waals surface area contributed by atoms with E-state index in [2.05, 4.69) is 10.6 Å². The maximum Gasteiger partial charge on any atom is 0.416 e. The number of hydrogen-bond donors (Lipinski definition) is 2. The molecule has 6 nitrogen and oxygen atoms in total. The van der Waals surface area contributed by atoms with Crippen molar-refractivity contribution in [3.05, 3.63) is 89.5 Å². The maximum atomic E-state index is 13.1. The minimum atomic E-state index is -4.55. The summed E-state index contributed by atoms with van der Waals surface area (Å²) in [7, 11) is -3.74. The van der Waals surface area contributed by atoms with Crippen LogP contribution in [-0.4, -0.2) is 21.1 Å². The molecule has 1 fully saturated rings. The average Bonchev–Trinajstić information content (AvgIpc) is 2.84. The number of nitrogens with one attached hydrogen (secondary N) is 2. The van der Waals surface area contributed by atoms with E-state index in [9.17, 15) is 26.4 Å². The number of rotatable bonds is 6. The second kappa shape index (κ2) is 10.7. The van der Waals surface area contributed by atoms with Crippen molar-refractivity contribution >= 4 is 27.2 Å². The zero-order valence-electron chi connectivity index (χ0n) is 19.2. The van der Waals surface area contributed by atoms with Gasteiger partial charge in [0.2, 0.25) is 0 Å². The van der Waals surface area contributed by atoms with Gasteiger partial charge < -0.3 is 15.4 Å². The first-order valence-electron chi connectivity index (χ1n) is 11.4. The van der Waals surface area contributed by atoms with Gasteiger partial charge in [-0.1, -0.05) is 42.5 Å². The number of carbonyl (C=O) groups excluding carboxylic acids is 1. The van der Waals surface area contributed by atoms with E-state index in [1.54, 1.807) is 36.4 Å². The Morgan fingerprint density at radius 2 is 1.72 bits per heavy atom. The Morgan fingerprint density at radius 1 is 0.944 bits per heavy atom. The zero-order valence-corrected chi connectivity index (χ0v) is 20.0. The highest BCUT2D eigenvalue weighted by Crippen LogP contribution is 2.35. The van der Waals surface area contributed by atoms with Crippen LogP contribution in [0.2, 0.25) is 0 Å². The summed E-state index contributed by atoms with van der Waals surface area (Å²) in [6, 6.07) is 16.6. The van der Waals surface area contributed by atoms with Crippen molar-refractivity contribution in [2.45, 2.75) is 42.2 Å². The molecule has 0 radical (unpaired) electrons. The van der Waals surface area contributed by atoms with E-state index in [1.165, 1.54) is 24.3 Å². The highest BCUT2D eigenvalue weighted by Gasteiger charge is 2.30. The van der Waals surface area contributed by atoms with Crippen LogP contribution in [0.1, 0.15) is 42.1 Å². The number of anilines is 2. The predicted octanol–water partition coefficient (Wildman–Crippen LogP) is 6.56. The summed E-state index contributed by atoms with van der Waals surface area (Å²) in [5.41, 5.74) is 0.498. The molecule has 1 unspecified atom stereocenters. The summed E-state index contributed by atoms with van der Waals surface area (Å²) >= 11 is 0. The van der Waals surface area contributed by atoms with Gasteiger partial charge in [0.25, 0.3) is 0 Å². The summed E-state index contributed by atoms with van der Waals surface area (Å²) in [4.78, 5) is 12.8. The number of ether oxygens (including phenoxy) is 1. The first-order chi connectivity index (χ1) is 17.1. The van der Waals surface area contributed by atoms with Crippen molar-refractivity contribution in [2.24, 2.45) is 0 Å². The quantitative estimate of drug-likeness (QED) is 0.387. The number of sulfone groups is 1. The van der Waals surface area contributed by atoms with Gasteiger partial charge in [-0.25, -0.2) is 13.2 Å². The van der Waals surface area contributed by atoms with Crippen LogP contribution in [0.5, 0.6) is 0 Å². The van der Waals surface area contributed by atoms with E-state index >= 15 is 0 Å². The largest absolute Gasteiger partial charge is 0.416 e. The van der Waals surface area contributed by atoms with E-state index in [0.717, 1.165) is 25.0 Å². The van der Waals surface area contributed by atoms with Crippen molar-refractivity contribution in [2.75, 3.05) is 17.2 Å². The van der Waals surface area contributed by atoms with Crippen LogP contribution < -0.4 is 10.6 Å². The summed E-state index contributed by atoms with van der Waals surface area (Å²) in [6.07, 6.45) is -2.39. The van der Waals surface area contributed by atoms with Crippen molar-refractivity contribution < 1.29 is 31.1 Å². The Kier molecular flexibility index (Phi) is 7.65. The fraction of sp³-hybridized carbons (Fsp3) is 0.269. The summed E-state index contributed by atoms with van der Waals surface area (Å²) < 4.78 is 71.1. The summed E-state index contributed by atoms with van der Waals surface area (Å²) in [5, 5.41) is 5.01. The molecule has 1 heterocycles. The van der Waals surface area contributed by atoms with Gasteiger partial charge in [-0.05, 0) is 55.2 Å². The molecule has 190 valence electrons. The molecule has 3 aromatic rings. The monoisotopic (exact) mass is 518 g/mol. The average molecular weight is 519 g/mol. The molecule has 2 N–H and O–H groups in total. The van der Waals surface area contributed by atoms with Gasteiger partial charge in [-0.2, -0.15) is 13.2 Å². The standard InChI is InChI=1S/C26H25F3N2O4S/c27-26(28,29)19-9-6-10-20(15-19)30-25(32)31-23-16-21(12-13-22(23)24-11-4-5-14-35-24)36(33,34)17-18-7-2-1-3-8-18/h1-3,6-10,12-13,15-16,24H,4-5,11,14,17H2,(H2,30,31,32). The van der Waals surface area contributed by atoms with Crippen LogP contribution in [0.3, 0.4) is 0 Å². The molecule has 36 heavy (non-hydrogen) atoms. The fourth-order valence-electron chi connectivity index (χ4n) is 4.04. The molecule has 0 aliphatic carbocycles. The fourth-order valence-corrected chi connectivity index (χ4v) is 5.41. The lowest BCUT2D eigenvalue weighted by molar-refractivity contribution is -0.137. The normalized spacial score (nSPS) is 16.4. The molecule has 2 amide bonds. The van der Waals surface area contributed by atoms with Crippen molar-refractivity contribution in [1.82, 2.24) is 0 Å². The van der Waals surface area contributed by atoms with Crippen LogP contribution in [0, 0.1) is 0 Å². The summed E-state index contributed by atoms with van der Waals surface area (Å²) in [5.74, 6) is -0.219. The maximum absolute atomic E-state index is 13.1. The van der Waals surface area contributed by atoms with E-state index < -0.39 is 27.6 Å². The van der Waals surface area contributed by atoms with Gasteiger partial charge in [0.1, 0.15) is 0 Å². The van der Waals surface area contributed by atoms with Gasteiger partial charge in [0.05, 0.1) is 22.3 Å². The lowest BCUT2D eigenvalue weighted by Gasteiger charge is -2.25. The lowest BCUT2D eigenvalue weighted by Crippen LogP contribution is -2.22. The molecule has 1 aliphatic rings. The number of alkyl halides is 3. The van der Waals surface area contributed by atoms with Crippen LogP contribution in [0.15, 0.2) is 77.7 Å². The highest BCUT2D eigenvalue weighted by molar-refractivity contribution is 7.90. The molecule has 4 rings (SSSR count). The third-order valence-electron chi connectivity index (χ3n) is 5.81. The van der Waals surface area contributed by atoms with Gasteiger partial charge in [0, 0.05) is 23.5 Å². The predicted molar refractivity (Wildman–Crippen MR) is 130 cm³/mol. The molecule has 1 saturated heterocycles. The molecule has 1 atom stereocenters. The van der Waals surface area contributed by atoms with Gasteiger partial charge in [-0.15, -0.1) is 0 Å². The molecule has 10 heteroatoms. The second-order valence-corrected chi connectivity index (χ2v) is 10.5. The molecule has 0 spiro atoms. The first kappa shape index (κ1) is 25.7. The number of urea groups is 1. The number of hydrogen-bond acceptors (Lipinski definition) is 4. The van der Waals surface area contributed by atoms with E-state index in [-0.39, 0.29) is 28.1 Å². The minimum Gasteiger partial charge on any atom is -0.373 e. The second-order valence-electron chi connectivity index (χ2n) is 8.51. The lowest BCUT2D eigenvalue weighted by atomic mass is 10.00. The van der Waals surface area contributed by atoms with Crippen molar-refractivity contribution in [3.63, 3.8) is 0 Å². The first-order valence-corrected chi connectivity index (χ1v) is 13.0. The topological polar surface area (TPSA) is 84.5 Å². The molecular weight excluding hydrogens is 493 g/mol. The molecule has 0 bridgehead atoms. The van der Waals surface area contributed by atoms with Crippen LogP contribution >= 0.6 is 0 Å². The summed E-state index contributed by atoms with van der Waals surface area (Å²) in [6.45, 7) is 0.536. The smallest absolute Gasteiger partial charge is 0.373 e. The zero-order chi connectivity index (χ0) is 25.8. The van der Waals surface area contributed by atoms with Crippen LogP contribution in [-0.2, 0) is 26.5 Å². The molecule has 3 aromatic carbocycles. The Labute approximate surface area is 207 Å². The number of amides is 2. The van der Waals surface area contributed by atoms with Gasteiger partial charge >= 0.3 is 12.2 Å². The minimum absolute atomic E-state index is 0.0141. The SMILES string of the molecule is O=C(Nc1cccc(C(F)(F)F)c1)Nc1cc(S(=O)(=O)Cc2ccccc2)ccc1C1CCCCO1. The Hall–Kier alpha value is -3.37. The number of benzene rings is 3. The number of carbonyl (C=O) groups is 1. The molecule has 0 saturated carbocycles. The van der Waals surface area contributed by atoms with E-state index in [1.807, 2.05) is 0 Å². The molecule has 0 aromatic heterocycles. The van der Waals surface area contributed by atoms with E-state index in [4.69, 9.17) is 4.74 Å². The highest BCUT2D eigenvalue weighted by atomic mass is 32.2. The van der Waals surface area contributed by atoms with Crippen molar-refractivity contribution in [1.29, 1.82) is 0 Å². The molecule has 1 aliphatic heterocycles. The number of halogens is 3. The van der Waals surface area contributed by atoms with Crippen LogP contribution in [0.25, 0.3) is 0 Å².